The summed E-state index contributed by atoms with van der Waals surface area (Å²) in [6.07, 6.45) is 0. The molecule has 2 heterocycles. The summed E-state index contributed by atoms with van der Waals surface area (Å²) in [7, 11) is -3.86. The number of hydrogen-bond acceptors (Lipinski definition) is 5. The Kier molecular flexibility index (Phi) is 3.47. The molecule has 0 saturated carbocycles. The Hall–Kier alpha value is -2.93. The summed E-state index contributed by atoms with van der Waals surface area (Å²) in [5, 5.41) is 0. The lowest BCUT2D eigenvalue weighted by Gasteiger charge is -2.13. The molecule has 1 aromatic heterocycles. The number of sulfonamides is 1. The van der Waals surface area contributed by atoms with Crippen molar-refractivity contribution in [2.45, 2.75) is 18.4 Å². The van der Waals surface area contributed by atoms with Crippen molar-refractivity contribution in [1.29, 1.82) is 0 Å². The van der Waals surface area contributed by atoms with Crippen LogP contribution in [-0.4, -0.2) is 23.6 Å². The molecule has 2 aromatic carbocycles. The lowest BCUT2D eigenvalue weighted by atomic mass is 10.2. The van der Waals surface area contributed by atoms with E-state index in [0.29, 0.717) is 17.3 Å². The largest absolute Gasteiger partial charge is 0.441 e. The number of hydrogen-bond donors (Lipinski definition) is 0. The van der Waals surface area contributed by atoms with E-state index in [4.69, 9.17) is 4.42 Å². The number of nitrogens with zero attached hydrogens (tertiary/aromatic N) is 2. The fourth-order valence-electron chi connectivity index (χ4n) is 2.80. The minimum absolute atomic E-state index is 0.0319. The third-order valence-electron chi connectivity index (χ3n) is 4.12. The zero-order valence-electron chi connectivity index (χ0n) is 13.3. The minimum atomic E-state index is -3.86. The maximum absolute atomic E-state index is 12.6. The highest BCUT2D eigenvalue weighted by atomic mass is 32.2. The number of aromatic nitrogens is 1. The van der Waals surface area contributed by atoms with E-state index < -0.39 is 15.9 Å². The number of aryl methyl sites for hydroxylation is 1. The maximum atomic E-state index is 12.6. The lowest BCUT2D eigenvalue weighted by molar-refractivity contribution is 0.0863. The van der Waals surface area contributed by atoms with E-state index in [1.54, 1.807) is 19.1 Å². The topological polar surface area (TPSA) is 80.5 Å². The number of rotatable bonds is 3. The SMILES string of the molecule is Cc1oc(-c2ccccc2)nc1CN1C(=O)c2ccccc2S1(=O)=O. The van der Waals surface area contributed by atoms with Gasteiger partial charge in [0.2, 0.25) is 5.89 Å². The summed E-state index contributed by atoms with van der Waals surface area (Å²) in [6, 6.07) is 15.5. The Bertz CT molecular complexity index is 1070. The summed E-state index contributed by atoms with van der Waals surface area (Å²) in [5.41, 5.74) is 1.39. The van der Waals surface area contributed by atoms with Gasteiger partial charge in [-0.3, -0.25) is 4.79 Å². The van der Waals surface area contributed by atoms with Gasteiger partial charge in [-0.25, -0.2) is 17.7 Å². The van der Waals surface area contributed by atoms with Crippen LogP contribution in [0.25, 0.3) is 11.5 Å². The molecule has 1 aliphatic heterocycles. The van der Waals surface area contributed by atoms with Crippen molar-refractivity contribution in [2.24, 2.45) is 0 Å². The van der Waals surface area contributed by atoms with E-state index in [1.165, 1.54) is 12.1 Å². The Labute approximate surface area is 144 Å². The van der Waals surface area contributed by atoms with Crippen molar-refractivity contribution in [3.05, 3.63) is 71.6 Å². The van der Waals surface area contributed by atoms with Gasteiger partial charge >= 0.3 is 0 Å². The molecule has 4 rings (SSSR count). The van der Waals surface area contributed by atoms with Crippen LogP contribution in [0.2, 0.25) is 0 Å². The molecular formula is C18H14N2O4S. The molecule has 6 nitrogen and oxygen atoms in total. The fraction of sp³-hybridized carbons (Fsp3) is 0.111. The van der Waals surface area contributed by atoms with Crippen molar-refractivity contribution in [2.75, 3.05) is 0 Å². The van der Waals surface area contributed by atoms with Crippen LogP contribution in [0.4, 0.5) is 0 Å². The number of carbonyl (C=O) groups excluding carboxylic acids is 1. The molecule has 0 unspecified atom stereocenters. The molecule has 126 valence electrons. The van der Waals surface area contributed by atoms with Crippen LogP contribution < -0.4 is 0 Å². The van der Waals surface area contributed by atoms with Crippen molar-refractivity contribution >= 4 is 15.9 Å². The summed E-state index contributed by atoms with van der Waals surface area (Å²) in [6.45, 7) is 1.55. The van der Waals surface area contributed by atoms with Crippen molar-refractivity contribution in [3.8, 4) is 11.5 Å². The van der Waals surface area contributed by atoms with Crippen LogP contribution in [0.15, 0.2) is 63.9 Å². The van der Waals surface area contributed by atoms with Crippen LogP contribution in [-0.2, 0) is 16.6 Å². The molecule has 7 heteroatoms. The Morgan fingerprint density at radius 2 is 1.72 bits per heavy atom. The molecule has 0 radical (unpaired) electrons. The zero-order chi connectivity index (χ0) is 17.6. The van der Waals surface area contributed by atoms with Crippen LogP contribution in [0.3, 0.4) is 0 Å². The zero-order valence-corrected chi connectivity index (χ0v) is 14.2. The van der Waals surface area contributed by atoms with Crippen molar-refractivity contribution in [3.63, 3.8) is 0 Å². The van der Waals surface area contributed by atoms with E-state index >= 15 is 0 Å². The molecule has 0 fully saturated rings. The molecule has 0 spiro atoms. The first-order chi connectivity index (χ1) is 12.0. The van der Waals surface area contributed by atoms with Gasteiger partial charge in [0.25, 0.3) is 15.9 Å². The average Bonchev–Trinajstić information content (AvgIpc) is 3.08. The van der Waals surface area contributed by atoms with Gasteiger partial charge in [0.15, 0.2) is 0 Å². The second-order valence-corrected chi connectivity index (χ2v) is 7.53. The molecule has 0 aliphatic carbocycles. The molecule has 1 aliphatic rings. The average molecular weight is 354 g/mol. The highest BCUT2D eigenvalue weighted by Gasteiger charge is 2.41. The lowest BCUT2D eigenvalue weighted by Crippen LogP contribution is -2.29. The quantitative estimate of drug-likeness (QED) is 0.722. The second-order valence-electron chi connectivity index (χ2n) is 5.70. The number of oxazole rings is 1. The molecular weight excluding hydrogens is 340 g/mol. The van der Waals surface area contributed by atoms with Crippen LogP contribution in [0, 0.1) is 6.92 Å². The van der Waals surface area contributed by atoms with Crippen molar-refractivity contribution < 1.29 is 17.6 Å². The van der Waals surface area contributed by atoms with Gasteiger partial charge in [-0.1, -0.05) is 30.3 Å². The summed E-state index contributed by atoms with van der Waals surface area (Å²) >= 11 is 0. The van der Waals surface area contributed by atoms with Crippen LogP contribution in [0.1, 0.15) is 21.8 Å². The van der Waals surface area contributed by atoms with Crippen molar-refractivity contribution in [1.82, 2.24) is 9.29 Å². The first kappa shape index (κ1) is 15.6. The fourth-order valence-corrected chi connectivity index (χ4v) is 4.33. The highest BCUT2D eigenvalue weighted by Crippen LogP contribution is 2.32. The molecule has 25 heavy (non-hydrogen) atoms. The Morgan fingerprint density at radius 1 is 1.04 bits per heavy atom. The van der Waals surface area contributed by atoms with E-state index in [2.05, 4.69) is 4.98 Å². The number of fused-ring (bicyclic) bond motifs is 1. The minimum Gasteiger partial charge on any atom is -0.441 e. The van der Waals surface area contributed by atoms with E-state index in [0.717, 1.165) is 9.87 Å². The monoisotopic (exact) mass is 354 g/mol. The Balaban J connectivity index is 1.70. The number of benzene rings is 2. The summed E-state index contributed by atoms with van der Waals surface area (Å²) in [4.78, 5) is 16.9. The smallest absolute Gasteiger partial charge is 0.269 e. The van der Waals surface area contributed by atoms with Gasteiger partial charge in [-0.05, 0) is 31.2 Å². The first-order valence-electron chi connectivity index (χ1n) is 7.66. The maximum Gasteiger partial charge on any atom is 0.269 e. The molecule has 3 aromatic rings. The molecule has 0 N–H and O–H groups in total. The van der Waals surface area contributed by atoms with Gasteiger partial charge in [-0.2, -0.15) is 0 Å². The van der Waals surface area contributed by atoms with E-state index in [-0.39, 0.29) is 17.0 Å². The van der Waals surface area contributed by atoms with Gasteiger partial charge < -0.3 is 4.42 Å². The predicted octanol–water partition coefficient (Wildman–Crippen LogP) is 2.99. The molecule has 1 amide bonds. The van der Waals surface area contributed by atoms with Gasteiger partial charge in [0, 0.05) is 5.56 Å². The number of amides is 1. The standard InChI is InChI=1S/C18H14N2O4S/c1-12-15(19-17(24-12)13-7-3-2-4-8-13)11-20-18(21)14-9-5-6-10-16(14)25(20,22)23/h2-10H,11H2,1H3. The normalized spacial score (nSPS) is 15.4. The van der Waals surface area contributed by atoms with E-state index in [1.807, 2.05) is 30.3 Å². The third-order valence-corrected chi connectivity index (χ3v) is 5.91. The van der Waals surface area contributed by atoms with Gasteiger partial charge in [0.05, 0.1) is 12.1 Å². The third kappa shape index (κ3) is 2.44. The van der Waals surface area contributed by atoms with Gasteiger partial charge in [-0.15, -0.1) is 0 Å². The van der Waals surface area contributed by atoms with E-state index in [9.17, 15) is 13.2 Å². The predicted molar refractivity (Wildman–Crippen MR) is 90.2 cm³/mol. The summed E-state index contributed by atoms with van der Waals surface area (Å²) < 4.78 is 31.8. The highest BCUT2D eigenvalue weighted by molar-refractivity contribution is 7.90. The van der Waals surface area contributed by atoms with Gasteiger partial charge in [0.1, 0.15) is 16.3 Å². The van der Waals surface area contributed by atoms with Crippen LogP contribution >= 0.6 is 0 Å². The number of carbonyl (C=O) groups is 1. The second kappa shape index (κ2) is 5.56. The Morgan fingerprint density at radius 3 is 2.44 bits per heavy atom. The molecule has 0 saturated heterocycles. The molecule has 0 bridgehead atoms. The molecule has 0 atom stereocenters. The van der Waals surface area contributed by atoms with Crippen LogP contribution in [0.5, 0.6) is 0 Å². The summed E-state index contributed by atoms with van der Waals surface area (Å²) in [5.74, 6) is 0.340. The first-order valence-corrected chi connectivity index (χ1v) is 9.10.